The lowest BCUT2D eigenvalue weighted by Crippen LogP contribution is -2.44. The first-order valence-electron chi connectivity index (χ1n) is 14.3. The third-order valence-corrected chi connectivity index (χ3v) is 7.09. The molecule has 2 aromatic heterocycles. The van der Waals surface area contributed by atoms with Crippen LogP contribution < -0.4 is 30.7 Å². The van der Waals surface area contributed by atoms with E-state index in [4.69, 9.17) is 0 Å². The quantitative estimate of drug-likeness (QED) is 0.0518. The number of carbonyl (C=O) groups excluding carboxylic acids is 2. The van der Waals surface area contributed by atoms with Crippen LogP contribution in [-0.4, -0.2) is 59.2 Å². The molecule has 224 valence electrons. The largest absolute Gasteiger partial charge is 0.488 e. The van der Waals surface area contributed by atoms with Crippen molar-refractivity contribution < 1.29 is 38.8 Å². The molecular formula is C32H36B2N4O6+2. The third-order valence-electron chi connectivity index (χ3n) is 7.09. The Morgan fingerprint density at radius 3 is 2.20 bits per heavy atom. The number of hydrogen-bond donors (Lipinski definition) is 6. The van der Waals surface area contributed by atoms with E-state index in [0.717, 1.165) is 22.3 Å². The molecule has 4 aromatic rings. The molecule has 12 heteroatoms. The molecule has 0 aliphatic rings. The molecule has 2 aromatic carbocycles. The van der Waals surface area contributed by atoms with Crippen molar-refractivity contribution in [3.05, 3.63) is 120 Å². The Balaban J connectivity index is 1.55. The first-order chi connectivity index (χ1) is 21.1. The smallest absolute Gasteiger partial charge is 0.423 e. The van der Waals surface area contributed by atoms with Gasteiger partial charge in [0.25, 0.3) is 5.69 Å². The number of rotatable bonds is 13. The van der Waals surface area contributed by atoms with Crippen molar-refractivity contribution in [1.82, 2.24) is 10.6 Å². The lowest BCUT2D eigenvalue weighted by molar-refractivity contribution is -0.690. The van der Waals surface area contributed by atoms with Gasteiger partial charge < -0.3 is 30.7 Å². The van der Waals surface area contributed by atoms with Crippen LogP contribution in [0.5, 0.6) is 0 Å². The minimum Gasteiger partial charge on any atom is -0.423 e. The molecule has 0 saturated heterocycles. The second kappa shape index (κ2) is 15.2. The van der Waals surface area contributed by atoms with Crippen molar-refractivity contribution in [2.45, 2.75) is 26.4 Å². The fourth-order valence-corrected chi connectivity index (χ4v) is 4.71. The lowest BCUT2D eigenvalue weighted by Gasteiger charge is -2.10. The predicted molar refractivity (Wildman–Crippen MR) is 168 cm³/mol. The molecule has 2 amide bonds. The second-order valence-corrected chi connectivity index (χ2v) is 10.5. The average Bonchev–Trinajstić information content (AvgIpc) is 3.01. The lowest BCUT2D eigenvalue weighted by atomic mass is 9.77. The summed E-state index contributed by atoms with van der Waals surface area (Å²) in [6, 6.07) is 21.6. The van der Waals surface area contributed by atoms with Crippen LogP contribution in [-0.2, 0) is 17.9 Å². The van der Waals surface area contributed by atoms with E-state index < -0.39 is 14.2 Å². The van der Waals surface area contributed by atoms with Crippen molar-refractivity contribution in [3.63, 3.8) is 0 Å². The zero-order valence-corrected chi connectivity index (χ0v) is 24.6. The zero-order chi connectivity index (χ0) is 31.6. The maximum absolute atomic E-state index is 13.4. The van der Waals surface area contributed by atoms with Crippen molar-refractivity contribution in [2.75, 3.05) is 13.1 Å². The van der Waals surface area contributed by atoms with Crippen LogP contribution >= 0.6 is 0 Å². The van der Waals surface area contributed by atoms with Gasteiger partial charge >= 0.3 is 20.1 Å². The fourth-order valence-electron chi connectivity index (χ4n) is 4.71. The summed E-state index contributed by atoms with van der Waals surface area (Å²) in [7, 11) is -3.16. The van der Waals surface area contributed by atoms with E-state index in [1.807, 2.05) is 59.6 Å². The van der Waals surface area contributed by atoms with E-state index in [0.29, 0.717) is 54.8 Å². The Morgan fingerprint density at radius 1 is 0.795 bits per heavy atom. The Kier molecular flexibility index (Phi) is 11.2. The molecule has 0 fully saturated rings. The van der Waals surface area contributed by atoms with Gasteiger partial charge in [-0.05, 0) is 35.4 Å². The molecule has 0 aliphatic carbocycles. The molecule has 0 aliphatic heterocycles. The number of pyridine rings is 2. The molecule has 0 unspecified atom stereocenters. The molecule has 0 spiro atoms. The van der Waals surface area contributed by atoms with Crippen LogP contribution in [0.1, 0.15) is 35.0 Å². The molecule has 0 bridgehead atoms. The number of hydrogen-bond acceptors (Lipinski definition) is 6. The molecule has 0 atom stereocenters. The Bertz CT molecular complexity index is 1630. The number of aromatic nitrogens is 2. The van der Waals surface area contributed by atoms with Gasteiger partial charge in [0.15, 0.2) is 31.7 Å². The zero-order valence-electron chi connectivity index (χ0n) is 24.6. The van der Waals surface area contributed by atoms with Gasteiger partial charge in [-0.2, -0.15) is 4.57 Å². The van der Waals surface area contributed by atoms with Crippen molar-refractivity contribution in [3.8, 4) is 11.1 Å². The monoisotopic (exact) mass is 594 g/mol. The highest BCUT2D eigenvalue weighted by molar-refractivity contribution is 6.59. The van der Waals surface area contributed by atoms with E-state index in [9.17, 15) is 29.7 Å². The Hall–Kier alpha value is -4.61. The van der Waals surface area contributed by atoms with Crippen LogP contribution in [0.15, 0.2) is 104 Å². The summed E-state index contributed by atoms with van der Waals surface area (Å²) >= 11 is 0. The molecular weight excluding hydrogens is 558 g/mol. The molecule has 6 N–H and O–H groups in total. The van der Waals surface area contributed by atoms with E-state index in [1.54, 1.807) is 47.9 Å². The highest BCUT2D eigenvalue weighted by atomic mass is 16.4. The normalized spacial score (nSPS) is 10.7. The van der Waals surface area contributed by atoms with E-state index in [1.165, 1.54) is 0 Å². The van der Waals surface area contributed by atoms with Gasteiger partial charge in [-0.1, -0.05) is 55.1 Å². The summed E-state index contributed by atoms with van der Waals surface area (Å²) in [6.07, 6.45) is 6.14. The van der Waals surface area contributed by atoms with Crippen LogP contribution in [0.2, 0.25) is 0 Å². The highest BCUT2D eigenvalue weighted by Gasteiger charge is 2.22. The van der Waals surface area contributed by atoms with Gasteiger partial charge in [0.2, 0.25) is 5.91 Å². The molecule has 0 radical (unpaired) electrons. The van der Waals surface area contributed by atoms with Crippen molar-refractivity contribution in [1.29, 1.82) is 0 Å². The topological polar surface area (TPSA) is 147 Å². The summed E-state index contributed by atoms with van der Waals surface area (Å²) in [5, 5.41) is 44.3. The standard InChI is InChI=1S/C32H34B2N4O6/c1-23(2)31(39)35-14-6-15-36-32(40)30-20-26(13-18-38(30)21-24-7-5-9-28(19-24)33(41)42)25-11-16-37(17-12-25)22-27-8-3-4-10-29(27)34(43)44/h3-5,7-13,16-20,41-44H,1,6,14-15,21-22H2,2H3/p+2. The first kappa shape index (κ1) is 32.3. The maximum atomic E-state index is 13.4. The summed E-state index contributed by atoms with van der Waals surface area (Å²) in [6.45, 7) is 6.77. The Morgan fingerprint density at radius 2 is 1.50 bits per heavy atom. The van der Waals surface area contributed by atoms with Gasteiger partial charge in [-0.15, -0.1) is 0 Å². The van der Waals surface area contributed by atoms with Crippen LogP contribution in [0, 0.1) is 0 Å². The van der Waals surface area contributed by atoms with Crippen molar-refractivity contribution in [2.24, 2.45) is 0 Å². The number of amides is 2. The van der Waals surface area contributed by atoms with E-state index in [2.05, 4.69) is 17.2 Å². The molecule has 10 nitrogen and oxygen atoms in total. The van der Waals surface area contributed by atoms with Gasteiger partial charge in [-0.25, -0.2) is 4.57 Å². The SMILES string of the molecule is C=C(C)C(=O)NCCCNC(=O)c1cc(-c2cc[n+](Cc3ccccc3B(O)O)cc2)cc[n+]1Cc1cccc(B(O)O)c1. The summed E-state index contributed by atoms with van der Waals surface area (Å²) in [5.74, 6) is -0.516. The summed E-state index contributed by atoms with van der Waals surface area (Å²) < 4.78 is 3.72. The maximum Gasteiger partial charge on any atom is 0.488 e. The summed E-state index contributed by atoms with van der Waals surface area (Å²) in [4.78, 5) is 25.1. The molecule has 0 saturated carbocycles. The minimum absolute atomic E-state index is 0.225. The molecule has 44 heavy (non-hydrogen) atoms. The fraction of sp³-hybridized carbons (Fsp3) is 0.188. The summed E-state index contributed by atoms with van der Waals surface area (Å²) in [5.41, 5.74) is 4.91. The minimum atomic E-state index is -1.60. The number of carbonyl (C=O) groups is 2. The molecule has 2 heterocycles. The molecule has 4 rings (SSSR count). The van der Waals surface area contributed by atoms with Crippen LogP contribution in [0.3, 0.4) is 0 Å². The van der Waals surface area contributed by atoms with E-state index in [-0.39, 0.29) is 11.8 Å². The van der Waals surface area contributed by atoms with E-state index >= 15 is 0 Å². The second-order valence-electron chi connectivity index (χ2n) is 10.5. The van der Waals surface area contributed by atoms with Gasteiger partial charge in [0.1, 0.15) is 0 Å². The highest BCUT2D eigenvalue weighted by Crippen LogP contribution is 2.18. The first-order valence-corrected chi connectivity index (χ1v) is 14.3. The van der Waals surface area contributed by atoms with Crippen molar-refractivity contribution >= 4 is 37.0 Å². The number of benzene rings is 2. The predicted octanol–water partition coefficient (Wildman–Crippen LogP) is -0.803. The van der Waals surface area contributed by atoms with Gasteiger partial charge in [0, 0.05) is 54.1 Å². The van der Waals surface area contributed by atoms with Crippen LogP contribution in [0.4, 0.5) is 0 Å². The van der Waals surface area contributed by atoms with Gasteiger partial charge in [-0.3, -0.25) is 9.59 Å². The third kappa shape index (κ3) is 8.71. The Labute approximate surface area is 257 Å². The number of nitrogens with zero attached hydrogens (tertiary/aromatic N) is 2. The van der Waals surface area contributed by atoms with Gasteiger partial charge in [0.05, 0.1) is 0 Å². The average molecular weight is 594 g/mol. The van der Waals surface area contributed by atoms with Crippen LogP contribution in [0.25, 0.3) is 11.1 Å². The number of nitrogens with one attached hydrogen (secondary N) is 2.